The van der Waals surface area contributed by atoms with E-state index >= 15 is 0 Å². The zero-order valence-electron chi connectivity index (χ0n) is 9.36. The van der Waals surface area contributed by atoms with E-state index in [1.165, 1.54) is 4.88 Å². The summed E-state index contributed by atoms with van der Waals surface area (Å²) in [7, 11) is 0. The van der Waals surface area contributed by atoms with Gasteiger partial charge in [-0.25, -0.2) is 0 Å². The van der Waals surface area contributed by atoms with Crippen LogP contribution in [0.25, 0.3) is 0 Å². The molecule has 1 heterocycles. The lowest BCUT2D eigenvalue weighted by atomic mass is 10.0. The van der Waals surface area contributed by atoms with E-state index in [4.69, 9.17) is 10.8 Å². The fourth-order valence-corrected chi connectivity index (χ4v) is 2.28. The zero-order valence-corrected chi connectivity index (χ0v) is 10.2. The minimum absolute atomic E-state index is 0.232. The van der Waals surface area contributed by atoms with Crippen LogP contribution >= 0.6 is 11.3 Å². The summed E-state index contributed by atoms with van der Waals surface area (Å²) in [6, 6.07) is 2.29. The van der Waals surface area contributed by atoms with Crippen molar-refractivity contribution in [1.82, 2.24) is 5.32 Å². The van der Waals surface area contributed by atoms with E-state index in [9.17, 15) is 0 Å². The molecule has 0 aromatic carbocycles. The second-order valence-electron chi connectivity index (χ2n) is 4.04. The number of hydrogen-bond acceptors (Lipinski definition) is 4. The van der Waals surface area contributed by atoms with Gasteiger partial charge in [0.25, 0.3) is 0 Å². The van der Waals surface area contributed by atoms with Crippen molar-refractivity contribution < 1.29 is 5.11 Å². The number of nitrogen functional groups attached to an aromatic ring is 1. The number of nitrogens with one attached hydrogen (secondary N) is 1. The third-order valence-electron chi connectivity index (χ3n) is 2.55. The predicted octanol–water partition coefficient (Wildman–Crippen LogP) is 1.83. The molecule has 1 aromatic heterocycles. The van der Waals surface area contributed by atoms with Crippen LogP contribution in [0.3, 0.4) is 0 Å². The van der Waals surface area contributed by atoms with Crippen LogP contribution in [0.2, 0.25) is 0 Å². The Labute approximate surface area is 95.3 Å². The molecular weight excluding hydrogens is 208 g/mol. The Bertz CT molecular complexity index is 286. The molecule has 1 rings (SSSR count). The van der Waals surface area contributed by atoms with Crippen LogP contribution in [-0.2, 0) is 6.54 Å². The van der Waals surface area contributed by atoms with Crippen LogP contribution in [0.1, 0.15) is 25.1 Å². The number of nitrogens with two attached hydrogens (primary N) is 1. The van der Waals surface area contributed by atoms with Gasteiger partial charge in [0.15, 0.2) is 0 Å². The van der Waals surface area contributed by atoms with Crippen LogP contribution in [0.5, 0.6) is 0 Å². The summed E-state index contributed by atoms with van der Waals surface area (Å²) < 4.78 is 0. The zero-order chi connectivity index (χ0) is 11.3. The second-order valence-corrected chi connectivity index (χ2v) is 5.04. The Balaban J connectivity index is 2.43. The van der Waals surface area contributed by atoms with Gasteiger partial charge in [0, 0.05) is 29.8 Å². The summed E-state index contributed by atoms with van der Waals surface area (Å²) >= 11 is 1.67. The molecule has 1 aromatic rings. The highest BCUT2D eigenvalue weighted by atomic mass is 32.1. The third kappa shape index (κ3) is 3.81. The summed E-state index contributed by atoms with van der Waals surface area (Å²) in [6.07, 6.45) is 0.795. The molecule has 0 radical (unpaired) electrons. The van der Waals surface area contributed by atoms with Crippen LogP contribution in [0.4, 0.5) is 5.69 Å². The summed E-state index contributed by atoms with van der Waals surface area (Å²) in [5.74, 6) is 0.526. The van der Waals surface area contributed by atoms with Gasteiger partial charge in [-0.1, -0.05) is 13.8 Å². The van der Waals surface area contributed by atoms with E-state index < -0.39 is 0 Å². The largest absolute Gasteiger partial charge is 0.398 e. The first-order chi connectivity index (χ1) is 7.15. The van der Waals surface area contributed by atoms with Crippen molar-refractivity contribution >= 4 is 17.0 Å². The van der Waals surface area contributed by atoms with Gasteiger partial charge < -0.3 is 16.2 Å². The van der Waals surface area contributed by atoms with Crippen LogP contribution in [-0.4, -0.2) is 17.8 Å². The highest BCUT2D eigenvalue weighted by Crippen LogP contribution is 2.19. The lowest BCUT2D eigenvalue weighted by Crippen LogP contribution is -2.34. The number of rotatable bonds is 6. The first-order valence-corrected chi connectivity index (χ1v) is 6.19. The first kappa shape index (κ1) is 12.5. The van der Waals surface area contributed by atoms with Crippen molar-refractivity contribution in [2.45, 2.75) is 32.9 Å². The maximum atomic E-state index is 8.94. The van der Waals surface area contributed by atoms with Crippen molar-refractivity contribution in [2.75, 3.05) is 12.3 Å². The van der Waals surface area contributed by atoms with Crippen molar-refractivity contribution in [3.63, 3.8) is 0 Å². The van der Waals surface area contributed by atoms with Crippen LogP contribution < -0.4 is 11.1 Å². The number of hydrogen-bond donors (Lipinski definition) is 3. The first-order valence-electron chi connectivity index (χ1n) is 5.31. The molecule has 4 heteroatoms. The molecule has 15 heavy (non-hydrogen) atoms. The average molecular weight is 228 g/mol. The van der Waals surface area contributed by atoms with Gasteiger partial charge in [-0.15, -0.1) is 11.3 Å². The van der Waals surface area contributed by atoms with Gasteiger partial charge in [-0.05, 0) is 23.8 Å². The maximum absolute atomic E-state index is 8.94. The molecule has 0 amide bonds. The molecule has 0 aliphatic heterocycles. The normalized spacial score (nSPS) is 13.3. The van der Waals surface area contributed by atoms with E-state index in [1.54, 1.807) is 11.3 Å². The molecular formula is C11H20N2OS. The molecule has 1 atom stereocenters. The molecule has 0 spiro atoms. The van der Waals surface area contributed by atoms with E-state index in [0.717, 1.165) is 18.7 Å². The van der Waals surface area contributed by atoms with Gasteiger partial charge in [-0.2, -0.15) is 0 Å². The minimum Gasteiger partial charge on any atom is -0.398 e. The second kappa shape index (κ2) is 6.10. The summed E-state index contributed by atoms with van der Waals surface area (Å²) in [6.45, 7) is 5.35. The Morgan fingerprint density at radius 1 is 1.53 bits per heavy atom. The average Bonchev–Trinajstić information content (AvgIpc) is 2.58. The number of aliphatic hydroxyl groups is 1. The SMILES string of the molecule is CC(C)C(CCO)NCc1sccc1N. The van der Waals surface area contributed by atoms with Gasteiger partial charge in [0.1, 0.15) is 0 Å². The summed E-state index contributed by atoms with van der Waals surface area (Å²) in [5.41, 5.74) is 6.66. The summed E-state index contributed by atoms with van der Waals surface area (Å²) in [5, 5.41) is 14.4. The lowest BCUT2D eigenvalue weighted by molar-refractivity contribution is 0.244. The topological polar surface area (TPSA) is 58.3 Å². The minimum atomic E-state index is 0.232. The van der Waals surface area contributed by atoms with Gasteiger partial charge in [-0.3, -0.25) is 0 Å². The van der Waals surface area contributed by atoms with Crippen molar-refractivity contribution in [3.05, 3.63) is 16.3 Å². The maximum Gasteiger partial charge on any atom is 0.0468 e. The smallest absolute Gasteiger partial charge is 0.0468 e. The van der Waals surface area contributed by atoms with Gasteiger partial charge in [0.2, 0.25) is 0 Å². The molecule has 4 N–H and O–H groups in total. The van der Waals surface area contributed by atoms with Crippen LogP contribution in [0.15, 0.2) is 11.4 Å². The number of anilines is 1. The van der Waals surface area contributed by atoms with Crippen molar-refractivity contribution in [3.8, 4) is 0 Å². The number of aliphatic hydroxyl groups excluding tert-OH is 1. The Morgan fingerprint density at radius 3 is 2.73 bits per heavy atom. The Hall–Kier alpha value is -0.580. The highest BCUT2D eigenvalue weighted by molar-refractivity contribution is 7.10. The molecule has 0 aliphatic carbocycles. The van der Waals surface area contributed by atoms with E-state index in [-0.39, 0.29) is 6.61 Å². The van der Waals surface area contributed by atoms with E-state index in [1.807, 2.05) is 11.4 Å². The molecule has 0 saturated heterocycles. The van der Waals surface area contributed by atoms with E-state index in [0.29, 0.717) is 12.0 Å². The summed E-state index contributed by atoms with van der Waals surface area (Å²) in [4.78, 5) is 1.18. The van der Waals surface area contributed by atoms with Crippen molar-refractivity contribution in [2.24, 2.45) is 5.92 Å². The monoisotopic (exact) mass is 228 g/mol. The van der Waals surface area contributed by atoms with E-state index in [2.05, 4.69) is 19.2 Å². The molecule has 0 aliphatic rings. The third-order valence-corrected chi connectivity index (χ3v) is 3.49. The molecule has 86 valence electrons. The Kier molecular flexibility index (Phi) is 5.08. The highest BCUT2D eigenvalue weighted by Gasteiger charge is 2.12. The van der Waals surface area contributed by atoms with Gasteiger partial charge in [0.05, 0.1) is 0 Å². The fourth-order valence-electron chi connectivity index (χ4n) is 1.53. The molecule has 3 nitrogen and oxygen atoms in total. The number of thiophene rings is 1. The molecule has 0 bridgehead atoms. The van der Waals surface area contributed by atoms with Crippen molar-refractivity contribution in [1.29, 1.82) is 0 Å². The quantitative estimate of drug-likeness (QED) is 0.696. The molecule has 0 fully saturated rings. The standard InChI is InChI=1S/C11H20N2OS/c1-8(2)10(3-5-14)13-7-11-9(12)4-6-15-11/h4,6,8,10,13-14H,3,5,7,12H2,1-2H3. The predicted molar refractivity (Wildman–Crippen MR) is 65.9 cm³/mol. The lowest BCUT2D eigenvalue weighted by Gasteiger charge is -2.21. The molecule has 0 saturated carbocycles. The van der Waals surface area contributed by atoms with Gasteiger partial charge >= 0.3 is 0 Å². The fraction of sp³-hybridized carbons (Fsp3) is 0.636. The molecule has 1 unspecified atom stereocenters. The Morgan fingerprint density at radius 2 is 2.27 bits per heavy atom. The van der Waals surface area contributed by atoms with Crippen LogP contribution in [0, 0.1) is 5.92 Å².